The van der Waals surface area contributed by atoms with Crippen LogP contribution in [-0.2, 0) is 4.79 Å². The third kappa shape index (κ3) is 3.66. The Morgan fingerprint density at radius 2 is 2.60 bits per heavy atom. The fraction of sp³-hybridized carbons (Fsp3) is 0. The third-order valence-electron chi connectivity index (χ3n) is 0.0718. The molecule has 0 N–H and O–H groups in total. The highest BCUT2D eigenvalue weighted by Crippen LogP contribution is 1.96. The summed E-state index contributed by atoms with van der Waals surface area (Å²) in [5, 5.41) is 0. The highest BCUT2D eigenvalue weighted by molar-refractivity contribution is 7.93. The maximum atomic E-state index is 10.5. The van der Waals surface area contributed by atoms with Crippen LogP contribution < -0.4 is 0 Å². The van der Waals surface area contributed by atoms with Crippen LogP contribution in [0.3, 0.4) is 0 Å². The number of isocyanates is 1. The number of hydrogen-bond acceptors (Lipinski definition) is 3. The molecule has 0 aliphatic rings. The Labute approximate surface area is 32.5 Å². The zero-order valence-electron chi connectivity index (χ0n) is 2.14. The highest BCUT2D eigenvalue weighted by Gasteiger charge is 1.59. The van der Waals surface area contributed by atoms with Crippen molar-refractivity contribution in [3.05, 3.63) is 0 Å². The second-order valence-corrected chi connectivity index (χ2v) is 0.572. The first kappa shape index (κ1) is 4.66. The molecule has 0 saturated heterocycles. The standard InChI is InChI=1S/CFNOS/c2-5-3-1-4. The van der Waals surface area contributed by atoms with Gasteiger partial charge >= 0.3 is 0 Å². The molecule has 28 valence electrons. The molecule has 2 nitrogen and oxygen atoms in total. The predicted molar refractivity (Wildman–Crippen MR) is 16.8 cm³/mol. The second-order valence-electron chi connectivity index (χ2n) is 0.252. The van der Waals surface area contributed by atoms with Crippen molar-refractivity contribution in [3.63, 3.8) is 0 Å². The van der Waals surface area contributed by atoms with Crippen LogP contribution in [0.25, 0.3) is 0 Å². The molecule has 0 aromatic rings. The average Bonchev–Trinajstić information content (AvgIpc) is 1.41. The van der Waals surface area contributed by atoms with Gasteiger partial charge in [0, 0.05) is 0 Å². The molecular weight excluding hydrogens is 93.1 g/mol. The van der Waals surface area contributed by atoms with Gasteiger partial charge in [-0.2, -0.15) is 0 Å². The van der Waals surface area contributed by atoms with Gasteiger partial charge in [0.05, 0.1) is 0 Å². The maximum absolute atomic E-state index is 10.5. The van der Waals surface area contributed by atoms with Crippen molar-refractivity contribution in [2.45, 2.75) is 0 Å². The van der Waals surface area contributed by atoms with E-state index < -0.39 is 12.3 Å². The topological polar surface area (TPSA) is 29.4 Å². The van der Waals surface area contributed by atoms with Crippen LogP contribution in [-0.4, -0.2) is 6.08 Å². The highest BCUT2D eigenvalue weighted by atomic mass is 32.2. The molecule has 0 spiro atoms. The molecule has 0 rings (SSSR count). The van der Waals surface area contributed by atoms with Gasteiger partial charge in [0.1, 0.15) is 0 Å². The molecule has 0 aliphatic heterocycles. The Hall–Kier alpha value is -0.340. The average molecular weight is 93.1 g/mol. The molecule has 0 bridgehead atoms. The monoisotopic (exact) mass is 93.0 g/mol. The Morgan fingerprint density at radius 3 is 2.60 bits per heavy atom. The van der Waals surface area contributed by atoms with Crippen LogP contribution in [0.1, 0.15) is 0 Å². The minimum Gasteiger partial charge on any atom is -0.210 e. The van der Waals surface area contributed by atoms with Crippen molar-refractivity contribution >= 4 is 18.4 Å². The summed E-state index contributed by atoms with van der Waals surface area (Å²) in [7, 11) is 0. The molecule has 0 saturated carbocycles. The van der Waals surface area contributed by atoms with E-state index >= 15 is 0 Å². The van der Waals surface area contributed by atoms with Gasteiger partial charge in [0.25, 0.3) is 0 Å². The first-order valence-corrected chi connectivity index (χ1v) is 1.44. The van der Waals surface area contributed by atoms with Crippen LogP contribution in [0, 0.1) is 0 Å². The lowest BCUT2D eigenvalue weighted by molar-refractivity contribution is 0.566. The van der Waals surface area contributed by atoms with Crippen molar-refractivity contribution in [3.8, 4) is 0 Å². The third-order valence-corrected chi connectivity index (χ3v) is 0.215. The predicted octanol–water partition coefficient (Wildman–Crippen LogP) is 0.855. The number of nitrogens with zero attached hydrogens (tertiary/aromatic N) is 1. The normalized spacial score (nSPS) is 5.80. The minimum atomic E-state index is -0.397. The summed E-state index contributed by atoms with van der Waals surface area (Å²) >= 11 is -0.397. The van der Waals surface area contributed by atoms with E-state index in [2.05, 4.69) is 4.40 Å². The SMILES string of the molecule is O=C=NSF. The molecule has 0 heterocycles. The summed E-state index contributed by atoms with van der Waals surface area (Å²) in [6.07, 6.45) is 0.980. The molecule has 0 atom stereocenters. The van der Waals surface area contributed by atoms with E-state index in [0.717, 1.165) is 6.08 Å². The van der Waals surface area contributed by atoms with Gasteiger partial charge in [-0.3, -0.25) is 0 Å². The van der Waals surface area contributed by atoms with Gasteiger partial charge in [-0.15, -0.1) is 3.89 Å². The van der Waals surface area contributed by atoms with Crippen molar-refractivity contribution in [1.82, 2.24) is 0 Å². The number of carbonyl (C=O) groups excluding carboxylic acids is 1. The first-order chi connectivity index (χ1) is 2.41. The van der Waals surface area contributed by atoms with Crippen molar-refractivity contribution in [2.75, 3.05) is 0 Å². The molecule has 0 unspecified atom stereocenters. The summed E-state index contributed by atoms with van der Waals surface area (Å²) in [4.78, 5) is 8.85. The quantitative estimate of drug-likeness (QED) is 0.273. The lowest BCUT2D eigenvalue weighted by atomic mass is 11.7. The number of hydrogen-bond donors (Lipinski definition) is 0. The summed E-state index contributed by atoms with van der Waals surface area (Å²) in [5.41, 5.74) is 0. The van der Waals surface area contributed by atoms with Crippen molar-refractivity contribution in [2.24, 2.45) is 4.40 Å². The zero-order chi connectivity index (χ0) is 4.12. The van der Waals surface area contributed by atoms with Gasteiger partial charge in [-0.25, -0.2) is 4.79 Å². The molecular formula is CFNOS. The largest absolute Gasteiger partial charge is 0.249 e. The summed E-state index contributed by atoms with van der Waals surface area (Å²) in [6, 6.07) is 0. The van der Waals surface area contributed by atoms with E-state index in [1.54, 1.807) is 0 Å². The molecule has 0 aromatic heterocycles. The Bertz CT molecular complexity index is 58.7. The number of rotatable bonds is 1. The van der Waals surface area contributed by atoms with E-state index in [9.17, 15) is 3.89 Å². The van der Waals surface area contributed by atoms with Crippen LogP contribution in [0.4, 0.5) is 3.89 Å². The number of halogens is 1. The second kappa shape index (κ2) is 3.66. The van der Waals surface area contributed by atoms with Crippen LogP contribution in [0.2, 0.25) is 0 Å². The van der Waals surface area contributed by atoms with E-state index in [1.165, 1.54) is 0 Å². The van der Waals surface area contributed by atoms with Gasteiger partial charge < -0.3 is 0 Å². The Kier molecular flexibility index (Phi) is 3.41. The van der Waals surface area contributed by atoms with Gasteiger partial charge in [0.2, 0.25) is 6.08 Å². The van der Waals surface area contributed by atoms with E-state index in [0.29, 0.717) is 0 Å². The smallest absolute Gasteiger partial charge is 0.210 e. The molecule has 0 aliphatic carbocycles. The fourth-order valence-electron chi connectivity index (χ4n) is 0.0141. The first-order valence-electron chi connectivity index (χ1n) is 0.765. The lowest BCUT2D eigenvalue weighted by Crippen LogP contribution is -1.32. The molecule has 5 heavy (non-hydrogen) atoms. The molecule has 0 radical (unpaired) electrons. The van der Waals surface area contributed by atoms with Crippen molar-refractivity contribution in [1.29, 1.82) is 0 Å². The fourth-order valence-corrected chi connectivity index (χ4v) is 0.0423. The van der Waals surface area contributed by atoms with Gasteiger partial charge in [-0.1, -0.05) is 4.40 Å². The van der Waals surface area contributed by atoms with E-state index in [1.807, 2.05) is 0 Å². The summed E-state index contributed by atoms with van der Waals surface area (Å²) in [5.74, 6) is 0. The molecule has 0 amide bonds. The summed E-state index contributed by atoms with van der Waals surface area (Å²) < 4.78 is 12.9. The van der Waals surface area contributed by atoms with Gasteiger partial charge in [0.15, 0.2) is 12.3 Å². The lowest BCUT2D eigenvalue weighted by Gasteiger charge is -1.50. The van der Waals surface area contributed by atoms with Crippen LogP contribution in [0.15, 0.2) is 4.40 Å². The minimum absolute atomic E-state index is 0.397. The Balaban J connectivity index is 2.93. The summed E-state index contributed by atoms with van der Waals surface area (Å²) in [6.45, 7) is 0. The maximum Gasteiger partial charge on any atom is 0.249 e. The van der Waals surface area contributed by atoms with Crippen LogP contribution in [0.5, 0.6) is 0 Å². The van der Waals surface area contributed by atoms with E-state index in [-0.39, 0.29) is 0 Å². The Morgan fingerprint density at radius 1 is 2.00 bits per heavy atom. The van der Waals surface area contributed by atoms with Crippen LogP contribution >= 0.6 is 12.3 Å². The van der Waals surface area contributed by atoms with Crippen molar-refractivity contribution < 1.29 is 8.68 Å². The molecule has 0 fully saturated rings. The zero-order valence-corrected chi connectivity index (χ0v) is 2.96. The van der Waals surface area contributed by atoms with Gasteiger partial charge in [-0.05, 0) is 0 Å². The molecule has 4 heteroatoms. The molecule has 0 aromatic carbocycles. The van der Waals surface area contributed by atoms with E-state index in [4.69, 9.17) is 4.79 Å².